The van der Waals surface area contributed by atoms with Crippen LogP contribution in [0.3, 0.4) is 0 Å². The molecule has 15 heavy (non-hydrogen) atoms. The predicted molar refractivity (Wildman–Crippen MR) is 62.5 cm³/mol. The summed E-state index contributed by atoms with van der Waals surface area (Å²) in [5.41, 5.74) is 6.29. The third-order valence-electron chi connectivity index (χ3n) is 1.86. The molecule has 0 aliphatic carbocycles. The van der Waals surface area contributed by atoms with Gasteiger partial charge in [0.15, 0.2) is 17.2 Å². The van der Waals surface area contributed by atoms with Gasteiger partial charge in [0.25, 0.3) is 0 Å². The van der Waals surface area contributed by atoms with Crippen LogP contribution < -0.4 is 16.4 Å². The van der Waals surface area contributed by atoms with Gasteiger partial charge < -0.3 is 16.4 Å². The quantitative estimate of drug-likeness (QED) is 0.494. The van der Waals surface area contributed by atoms with E-state index in [1.807, 2.05) is 6.07 Å². The van der Waals surface area contributed by atoms with Crippen LogP contribution in [-0.4, -0.2) is 16.1 Å². The molecule has 7 heteroatoms. The first kappa shape index (κ1) is 10.1. The lowest BCUT2D eigenvalue weighted by Gasteiger charge is -2.23. The molecule has 1 aromatic rings. The van der Waals surface area contributed by atoms with Gasteiger partial charge in [-0.3, -0.25) is 0 Å². The minimum Gasteiger partial charge on any atom is -0.370 e. The molecule has 78 valence electrons. The minimum absolute atomic E-state index is 0.267. The maximum Gasteiger partial charge on any atom is 0.197 e. The smallest absolute Gasteiger partial charge is 0.197 e. The summed E-state index contributed by atoms with van der Waals surface area (Å²) in [5, 5.41) is 6.42. The third kappa shape index (κ3) is 2.16. The number of guanidine groups is 1. The number of nitrogens with two attached hydrogens (primary N) is 1. The van der Waals surface area contributed by atoms with E-state index in [-0.39, 0.29) is 12.1 Å². The van der Waals surface area contributed by atoms with E-state index >= 15 is 0 Å². The van der Waals surface area contributed by atoms with E-state index in [9.17, 15) is 0 Å². The number of aromatic nitrogens is 1. The maximum atomic E-state index is 5.93. The van der Waals surface area contributed by atoms with Gasteiger partial charge in [-0.05, 0) is 18.3 Å². The molecule has 0 amide bonds. The molecule has 0 saturated carbocycles. The molecule has 0 fully saturated rings. The molecule has 1 atom stereocenters. The fraction of sp³-hybridized carbons (Fsp3) is 0.125. The van der Waals surface area contributed by atoms with Gasteiger partial charge in [-0.1, -0.05) is 17.7 Å². The van der Waals surface area contributed by atoms with Gasteiger partial charge in [0.05, 0.1) is 0 Å². The lowest BCUT2D eigenvalue weighted by molar-refractivity contribution is 0.657. The second-order valence-corrected chi connectivity index (χ2v) is 3.67. The Balaban J connectivity index is 2.36. The van der Waals surface area contributed by atoms with E-state index in [0.717, 1.165) is 5.56 Å². The average molecular weight is 242 g/mol. The van der Waals surface area contributed by atoms with Crippen molar-refractivity contribution in [2.75, 3.05) is 0 Å². The Hall–Kier alpha value is -1.40. The monoisotopic (exact) mass is 241 g/mol. The van der Waals surface area contributed by atoms with Crippen molar-refractivity contribution in [1.29, 1.82) is 0 Å². The van der Waals surface area contributed by atoms with Crippen LogP contribution in [0.25, 0.3) is 0 Å². The van der Waals surface area contributed by atoms with E-state index in [1.165, 1.54) is 0 Å². The molecule has 1 aliphatic rings. The largest absolute Gasteiger partial charge is 0.370 e. The molecular formula is C8H8ClN5S. The second kappa shape index (κ2) is 4.00. The van der Waals surface area contributed by atoms with Crippen LogP contribution in [0.5, 0.6) is 0 Å². The number of hydrogen-bond donors (Lipinski definition) is 3. The molecule has 0 bridgehead atoms. The number of pyridine rings is 1. The molecule has 0 spiro atoms. The molecule has 2 rings (SSSR count). The first-order chi connectivity index (χ1) is 7.16. The first-order valence-electron chi connectivity index (χ1n) is 4.18. The molecule has 2 heterocycles. The van der Waals surface area contributed by atoms with Crippen LogP contribution in [0.15, 0.2) is 23.3 Å². The standard InChI is InChI=1S/C8H8ClN5S/c9-5-4(2-1-3-11-5)6-12-7(10)14-8(15)13-6/h1-3,6H,(H4,10,12,13,14,15)/t6-/m1/s1. The van der Waals surface area contributed by atoms with Gasteiger partial charge in [-0.25, -0.2) is 9.98 Å². The fourth-order valence-corrected chi connectivity index (χ4v) is 1.67. The third-order valence-corrected chi connectivity index (χ3v) is 2.40. The second-order valence-electron chi connectivity index (χ2n) is 2.90. The molecule has 4 N–H and O–H groups in total. The Morgan fingerprint density at radius 1 is 1.53 bits per heavy atom. The zero-order chi connectivity index (χ0) is 10.8. The van der Waals surface area contributed by atoms with Crippen LogP contribution in [0, 0.1) is 0 Å². The highest BCUT2D eigenvalue weighted by atomic mass is 35.5. The van der Waals surface area contributed by atoms with Crippen molar-refractivity contribution >= 4 is 34.9 Å². The van der Waals surface area contributed by atoms with E-state index in [0.29, 0.717) is 10.3 Å². The number of rotatable bonds is 1. The van der Waals surface area contributed by atoms with E-state index in [1.54, 1.807) is 12.3 Å². The topological polar surface area (TPSA) is 75.3 Å². The van der Waals surface area contributed by atoms with Crippen LogP contribution >= 0.6 is 23.8 Å². The van der Waals surface area contributed by atoms with Crippen molar-refractivity contribution in [2.45, 2.75) is 6.17 Å². The highest BCUT2D eigenvalue weighted by Crippen LogP contribution is 2.22. The molecule has 0 radical (unpaired) electrons. The SMILES string of the molecule is NC1=N[C@@H](c2cccnc2Cl)NC(=S)N1. The summed E-state index contributed by atoms with van der Waals surface area (Å²) in [6.07, 6.45) is 1.23. The van der Waals surface area contributed by atoms with Gasteiger partial charge in [-0.15, -0.1) is 0 Å². The minimum atomic E-state index is -0.375. The molecule has 0 aromatic carbocycles. The summed E-state index contributed by atoms with van der Waals surface area (Å²) in [6.45, 7) is 0. The van der Waals surface area contributed by atoms with Gasteiger partial charge >= 0.3 is 0 Å². The predicted octanol–water partition coefficient (Wildman–Crippen LogP) is 0.526. The summed E-state index contributed by atoms with van der Waals surface area (Å²) in [4.78, 5) is 8.08. The fourth-order valence-electron chi connectivity index (χ4n) is 1.23. The lowest BCUT2D eigenvalue weighted by Crippen LogP contribution is -2.49. The van der Waals surface area contributed by atoms with Gasteiger partial charge in [0, 0.05) is 11.8 Å². The Morgan fingerprint density at radius 2 is 2.33 bits per heavy atom. The average Bonchev–Trinajstić information content (AvgIpc) is 2.16. The number of aliphatic imine (C=N–C) groups is 1. The van der Waals surface area contributed by atoms with E-state index in [2.05, 4.69) is 20.6 Å². The van der Waals surface area contributed by atoms with Crippen molar-refractivity contribution in [3.05, 3.63) is 29.0 Å². The maximum absolute atomic E-state index is 5.93. The van der Waals surface area contributed by atoms with Crippen LogP contribution in [-0.2, 0) is 0 Å². The molecule has 1 aromatic heterocycles. The van der Waals surface area contributed by atoms with E-state index in [4.69, 9.17) is 29.6 Å². The van der Waals surface area contributed by atoms with Crippen molar-refractivity contribution in [3.63, 3.8) is 0 Å². The summed E-state index contributed by atoms with van der Waals surface area (Å²) < 4.78 is 0. The Bertz CT molecular complexity index is 433. The van der Waals surface area contributed by atoms with Crippen LogP contribution in [0.4, 0.5) is 0 Å². The highest BCUT2D eigenvalue weighted by molar-refractivity contribution is 7.80. The number of halogens is 1. The highest BCUT2D eigenvalue weighted by Gasteiger charge is 2.19. The van der Waals surface area contributed by atoms with Crippen molar-refractivity contribution in [1.82, 2.24) is 15.6 Å². The van der Waals surface area contributed by atoms with Crippen LogP contribution in [0.1, 0.15) is 11.7 Å². The molecule has 5 nitrogen and oxygen atoms in total. The number of nitrogens with one attached hydrogen (secondary N) is 2. The Kier molecular flexibility index (Phi) is 2.70. The number of nitrogens with zero attached hydrogens (tertiary/aromatic N) is 2. The summed E-state index contributed by atoms with van der Waals surface area (Å²) >= 11 is 10.9. The van der Waals surface area contributed by atoms with Crippen molar-refractivity contribution < 1.29 is 0 Å². The van der Waals surface area contributed by atoms with Crippen LogP contribution in [0.2, 0.25) is 5.15 Å². The van der Waals surface area contributed by atoms with Gasteiger partial charge in [0.2, 0.25) is 0 Å². The van der Waals surface area contributed by atoms with E-state index < -0.39 is 0 Å². The van der Waals surface area contributed by atoms with Crippen molar-refractivity contribution in [2.24, 2.45) is 10.7 Å². The summed E-state index contributed by atoms with van der Waals surface area (Å²) in [6, 6.07) is 3.59. The van der Waals surface area contributed by atoms with Gasteiger partial charge in [-0.2, -0.15) is 0 Å². The zero-order valence-corrected chi connectivity index (χ0v) is 9.14. The molecule has 1 aliphatic heterocycles. The molecule has 0 saturated heterocycles. The Labute approximate surface area is 96.7 Å². The Morgan fingerprint density at radius 3 is 3.00 bits per heavy atom. The molecular weight excluding hydrogens is 234 g/mol. The number of thiocarbonyl (C=S) groups is 1. The first-order valence-corrected chi connectivity index (χ1v) is 4.96. The van der Waals surface area contributed by atoms with Crippen molar-refractivity contribution in [3.8, 4) is 0 Å². The summed E-state index contributed by atoms with van der Waals surface area (Å²) in [5.74, 6) is 0.267. The zero-order valence-electron chi connectivity index (χ0n) is 7.57. The number of hydrogen-bond acceptors (Lipinski definition) is 4. The van der Waals surface area contributed by atoms with Gasteiger partial charge in [0.1, 0.15) is 5.15 Å². The molecule has 0 unspecified atom stereocenters. The normalized spacial score (nSPS) is 20.2. The lowest BCUT2D eigenvalue weighted by atomic mass is 10.2. The summed E-state index contributed by atoms with van der Waals surface area (Å²) in [7, 11) is 0.